The number of H-pyrrole nitrogens is 1. The largest absolute Gasteiger partial charge is 0.277 e. The standard InChI is InChI=1S/C18H11ClN4O/c19-13-8-6-12(7-9-13)15-10-14(11-4-2-1-3-5-11)16-17(20-15)21-23-22-18(16)24/h1-10H,(H,20,21,22,24). The van der Waals surface area contributed by atoms with Gasteiger partial charge in [-0.05, 0) is 23.8 Å². The van der Waals surface area contributed by atoms with Crippen LogP contribution in [0.5, 0.6) is 0 Å². The van der Waals surface area contributed by atoms with Crippen molar-refractivity contribution in [3.05, 3.63) is 76.0 Å². The van der Waals surface area contributed by atoms with Crippen molar-refractivity contribution < 1.29 is 0 Å². The lowest BCUT2D eigenvalue weighted by molar-refractivity contribution is 0.864. The van der Waals surface area contributed by atoms with Crippen LogP contribution in [-0.2, 0) is 0 Å². The lowest BCUT2D eigenvalue weighted by Crippen LogP contribution is -2.12. The van der Waals surface area contributed by atoms with Crippen molar-refractivity contribution in [2.75, 3.05) is 0 Å². The quantitative estimate of drug-likeness (QED) is 0.606. The molecule has 0 aliphatic rings. The predicted molar refractivity (Wildman–Crippen MR) is 93.8 cm³/mol. The molecule has 1 N–H and O–H groups in total. The lowest BCUT2D eigenvalue weighted by Gasteiger charge is -2.08. The van der Waals surface area contributed by atoms with Crippen LogP contribution in [0, 0.1) is 0 Å². The minimum Gasteiger partial charge on any atom is -0.267 e. The molecule has 0 radical (unpaired) electrons. The molecule has 4 rings (SSSR count). The Morgan fingerprint density at radius 1 is 0.917 bits per heavy atom. The highest BCUT2D eigenvalue weighted by Gasteiger charge is 2.13. The molecule has 5 nitrogen and oxygen atoms in total. The summed E-state index contributed by atoms with van der Waals surface area (Å²) in [5.41, 5.74) is 3.28. The molecule has 0 fully saturated rings. The van der Waals surface area contributed by atoms with Crippen molar-refractivity contribution in [1.82, 2.24) is 20.4 Å². The van der Waals surface area contributed by atoms with Gasteiger partial charge in [0.25, 0.3) is 5.56 Å². The summed E-state index contributed by atoms with van der Waals surface area (Å²) in [6.07, 6.45) is 0. The fourth-order valence-electron chi connectivity index (χ4n) is 2.62. The summed E-state index contributed by atoms with van der Waals surface area (Å²) >= 11 is 5.95. The van der Waals surface area contributed by atoms with Gasteiger partial charge in [0.15, 0.2) is 5.65 Å². The van der Waals surface area contributed by atoms with E-state index in [0.29, 0.717) is 21.7 Å². The van der Waals surface area contributed by atoms with E-state index in [2.05, 4.69) is 20.4 Å². The fraction of sp³-hybridized carbons (Fsp3) is 0. The summed E-state index contributed by atoms with van der Waals surface area (Å²) in [5, 5.41) is 11.1. The number of benzene rings is 2. The van der Waals surface area contributed by atoms with E-state index < -0.39 is 0 Å². The van der Waals surface area contributed by atoms with Gasteiger partial charge in [-0.25, -0.2) is 10.1 Å². The number of hydrogen-bond acceptors (Lipinski definition) is 4. The van der Waals surface area contributed by atoms with Crippen molar-refractivity contribution in [2.45, 2.75) is 0 Å². The second-order valence-electron chi connectivity index (χ2n) is 5.27. The molecular weight excluding hydrogens is 324 g/mol. The molecule has 0 atom stereocenters. The molecule has 0 bridgehead atoms. The first-order chi connectivity index (χ1) is 11.7. The van der Waals surface area contributed by atoms with E-state index in [1.165, 1.54) is 0 Å². The Hall–Kier alpha value is -3.05. The summed E-state index contributed by atoms with van der Waals surface area (Å²) in [5.74, 6) is 0. The number of fused-ring (bicyclic) bond motifs is 1. The monoisotopic (exact) mass is 334 g/mol. The average Bonchev–Trinajstić information content (AvgIpc) is 2.62. The summed E-state index contributed by atoms with van der Waals surface area (Å²) < 4.78 is 0. The zero-order valence-electron chi connectivity index (χ0n) is 12.4. The fourth-order valence-corrected chi connectivity index (χ4v) is 2.74. The van der Waals surface area contributed by atoms with Crippen LogP contribution < -0.4 is 5.56 Å². The Kier molecular flexibility index (Phi) is 3.55. The summed E-state index contributed by atoms with van der Waals surface area (Å²) in [4.78, 5) is 16.7. The molecule has 0 spiro atoms. The van der Waals surface area contributed by atoms with Crippen molar-refractivity contribution >= 4 is 22.6 Å². The topological polar surface area (TPSA) is 71.5 Å². The third-order valence-corrected chi connectivity index (χ3v) is 4.00. The van der Waals surface area contributed by atoms with Gasteiger partial charge in [0.2, 0.25) is 0 Å². The van der Waals surface area contributed by atoms with E-state index in [4.69, 9.17) is 11.6 Å². The van der Waals surface area contributed by atoms with E-state index in [-0.39, 0.29) is 5.56 Å². The molecule has 0 saturated heterocycles. The first-order valence-corrected chi connectivity index (χ1v) is 7.67. The molecule has 0 unspecified atom stereocenters. The smallest absolute Gasteiger partial charge is 0.267 e. The Morgan fingerprint density at radius 3 is 2.42 bits per heavy atom. The van der Waals surface area contributed by atoms with Gasteiger partial charge in [-0.3, -0.25) is 4.79 Å². The van der Waals surface area contributed by atoms with E-state index in [9.17, 15) is 4.79 Å². The van der Waals surface area contributed by atoms with Crippen molar-refractivity contribution in [3.8, 4) is 22.4 Å². The zero-order chi connectivity index (χ0) is 16.5. The van der Waals surface area contributed by atoms with Gasteiger partial charge in [0, 0.05) is 16.1 Å². The van der Waals surface area contributed by atoms with E-state index in [1.807, 2.05) is 48.5 Å². The van der Waals surface area contributed by atoms with Crippen LogP contribution in [0.4, 0.5) is 0 Å². The van der Waals surface area contributed by atoms with Crippen LogP contribution in [0.25, 0.3) is 33.4 Å². The number of halogens is 1. The molecule has 0 aliphatic carbocycles. The Morgan fingerprint density at radius 2 is 1.67 bits per heavy atom. The third kappa shape index (κ3) is 2.55. The first-order valence-electron chi connectivity index (χ1n) is 7.30. The van der Waals surface area contributed by atoms with Crippen molar-refractivity contribution in [3.63, 3.8) is 0 Å². The minimum atomic E-state index is -0.311. The van der Waals surface area contributed by atoms with Crippen LogP contribution in [0.15, 0.2) is 65.5 Å². The maximum Gasteiger partial charge on any atom is 0.277 e. The highest BCUT2D eigenvalue weighted by molar-refractivity contribution is 6.30. The van der Waals surface area contributed by atoms with Gasteiger partial charge in [-0.1, -0.05) is 59.3 Å². The maximum absolute atomic E-state index is 12.2. The number of aromatic amines is 1. The Balaban J connectivity index is 2.05. The van der Waals surface area contributed by atoms with Gasteiger partial charge in [-0.2, -0.15) is 0 Å². The highest BCUT2D eigenvalue weighted by Crippen LogP contribution is 2.29. The molecular formula is C18H11ClN4O. The van der Waals surface area contributed by atoms with Crippen molar-refractivity contribution in [1.29, 1.82) is 0 Å². The second kappa shape index (κ2) is 5.86. The van der Waals surface area contributed by atoms with Crippen molar-refractivity contribution in [2.24, 2.45) is 0 Å². The number of hydrogen-bond donors (Lipinski definition) is 1. The third-order valence-electron chi connectivity index (χ3n) is 3.75. The SMILES string of the molecule is O=c1[nH]nnc2nc(-c3ccc(Cl)cc3)cc(-c3ccccc3)c12. The molecule has 0 saturated carbocycles. The van der Waals surface area contributed by atoms with Crippen LogP contribution >= 0.6 is 11.6 Å². The molecule has 2 aromatic carbocycles. The van der Waals surface area contributed by atoms with Crippen LogP contribution in [-0.4, -0.2) is 20.4 Å². The van der Waals surface area contributed by atoms with Gasteiger partial charge in [0.1, 0.15) is 0 Å². The number of nitrogens with one attached hydrogen (secondary N) is 1. The molecule has 24 heavy (non-hydrogen) atoms. The van der Waals surface area contributed by atoms with E-state index >= 15 is 0 Å². The number of rotatable bonds is 2. The molecule has 6 heteroatoms. The molecule has 0 amide bonds. The molecule has 2 aromatic heterocycles. The summed E-state index contributed by atoms with van der Waals surface area (Å²) in [7, 11) is 0. The number of pyridine rings is 1. The molecule has 116 valence electrons. The highest BCUT2D eigenvalue weighted by atomic mass is 35.5. The molecule has 4 aromatic rings. The van der Waals surface area contributed by atoms with Crippen LogP contribution in [0.3, 0.4) is 0 Å². The van der Waals surface area contributed by atoms with Gasteiger partial charge in [0.05, 0.1) is 11.1 Å². The van der Waals surface area contributed by atoms with Gasteiger partial charge < -0.3 is 0 Å². The second-order valence-corrected chi connectivity index (χ2v) is 5.70. The van der Waals surface area contributed by atoms with E-state index in [1.54, 1.807) is 12.1 Å². The zero-order valence-corrected chi connectivity index (χ0v) is 13.2. The van der Waals surface area contributed by atoms with Crippen LogP contribution in [0.2, 0.25) is 5.02 Å². The number of nitrogens with zero attached hydrogens (tertiary/aromatic N) is 3. The molecule has 0 aliphatic heterocycles. The predicted octanol–water partition coefficient (Wildman–Crippen LogP) is 3.70. The summed E-state index contributed by atoms with van der Waals surface area (Å²) in [6, 6.07) is 18.9. The lowest BCUT2D eigenvalue weighted by atomic mass is 10.0. The van der Waals surface area contributed by atoms with E-state index in [0.717, 1.165) is 16.7 Å². The Labute approximate surface area is 142 Å². The van der Waals surface area contributed by atoms with Crippen LogP contribution in [0.1, 0.15) is 0 Å². The first kappa shape index (κ1) is 14.5. The Bertz CT molecular complexity index is 1080. The maximum atomic E-state index is 12.2. The van der Waals surface area contributed by atoms with Gasteiger partial charge >= 0.3 is 0 Å². The minimum absolute atomic E-state index is 0.310. The van der Waals surface area contributed by atoms with Gasteiger partial charge in [-0.15, -0.1) is 5.10 Å². The molecule has 2 heterocycles. The number of aromatic nitrogens is 4. The summed E-state index contributed by atoms with van der Waals surface area (Å²) in [6.45, 7) is 0. The average molecular weight is 335 g/mol. The normalized spacial score (nSPS) is 10.9.